The zero-order valence-electron chi connectivity index (χ0n) is 27.8. The fourth-order valence-corrected chi connectivity index (χ4v) is 4.97. The number of hydrogen-bond acceptors (Lipinski definition) is 1. The second-order valence-electron chi connectivity index (χ2n) is 12.9. The monoisotopic (exact) mass is 554 g/mol. The molecule has 0 saturated heterocycles. The minimum Gasteiger partial charge on any atom is -0.393 e. The predicted octanol–water partition coefficient (Wildman–Crippen LogP) is 11.8. The van der Waals surface area contributed by atoms with E-state index in [1.807, 2.05) is 0 Å². The van der Waals surface area contributed by atoms with Crippen LogP contribution in [0.1, 0.15) is 101 Å². The van der Waals surface area contributed by atoms with Gasteiger partial charge in [-0.2, -0.15) is 0 Å². The van der Waals surface area contributed by atoms with Crippen molar-refractivity contribution >= 4 is 0 Å². The van der Waals surface area contributed by atoms with Crippen molar-refractivity contribution in [3.63, 3.8) is 0 Å². The smallest absolute Gasteiger partial charge is 0.0585 e. The molecule has 0 unspecified atom stereocenters. The van der Waals surface area contributed by atoms with E-state index in [-0.39, 0.29) is 11.5 Å². The fraction of sp³-hybridized carbons (Fsp3) is 0.450. The number of aliphatic hydroxyl groups is 1. The highest BCUT2D eigenvalue weighted by atomic mass is 16.3. The third-order valence-corrected chi connectivity index (χ3v) is 7.35. The van der Waals surface area contributed by atoms with Crippen LogP contribution in [0.25, 0.3) is 0 Å². The van der Waals surface area contributed by atoms with E-state index in [0.29, 0.717) is 0 Å². The molecule has 0 amide bonds. The maximum atomic E-state index is 10.1. The summed E-state index contributed by atoms with van der Waals surface area (Å²) in [6, 6.07) is 0. The van der Waals surface area contributed by atoms with E-state index >= 15 is 0 Å². The maximum absolute atomic E-state index is 10.1. The van der Waals surface area contributed by atoms with Gasteiger partial charge in [0.25, 0.3) is 0 Å². The summed E-state index contributed by atoms with van der Waals surface area (Å²) in [4.78, 5) is 0. The van der Waals surface area contributed by atoms with Crippen LogP contribution >= 0.6 is 0 Å². The van der Waals surface area contributed by atoms with Gasteiger partial charge < -0.3 is 5.11 Å². The third kappa shape index (κ3) is 16.8. The molecule has 1 aliphatic rings. The van der Waals surface area contributed by atoms with E-state index in [4.69, 9.17) is 0 Å². The Hall–Kier alpha value is -2.90. The lowest BCUT2D eigenvalue weighted by atomic mass is 9.71. The molecule has 1 atom stereocenters. The molecular formula is C40H58O. The van der Waals surface area contributed by atoms with Crippen LogP contribution in [0.4, 0.5) is 0 Å². The van der Waals surface area contributed by atoms with Gasteiger partial charge in [0.2, 0.25) is 0 Å². The molecular weight excluding hydrogens is 496 g/mol. The molecule has 1 nitrogen and oxygen atoms in total. The van der Waals surface area contributed by atoms with Crippen LogP contribution in [0, 0.1) is 11.3 Å². The van der Waals surface area contributed by atoms with Crippen LogP contribution < -0.4 is 0 Å². The highest BCUT2D eigenvalue weighted by Crippen LogP contribution is 2.41. The van der Waals surface area contributed by atoms with Gasteiger partial charge >= 0.3 is 0 Å². The van der Waals surface area contributed by atoms with E-state index in [0.717, 1.165) is 18.8 Å². The number of hydrogen-bond donors (Lipinski definition) is 1. The van der Waals surface area contributed by atoms with Crippen LogP contribution in [0.2, 0.25) is 0 Å². The first kappa shape index (κ1) is 36.1. The van der Waals surface area contributed by atoms with Gasteiger partial charge in [0, 0.05) is 0 Å². The Kier molecular flexibility index (Phi) is 17.0. The molecule has 1 aliphatic carbocycles. The first-order chi connectivity index (χ1) is 19.3. The van der Waals surface area contributed by atoms with Crippen LogP contribution in [0.5, 0.6) is 0 Å². The summed E-state index contributed by atoms with van der Waals surface area (Å²) in [5.74, 6) is 0.789. The standard InChI is InChI=1S/C40H58O/c1-31(2)17-13-20-34(5)23-15-25-35(6)24-14-21-32(3)18-11-12-19-33(4)22-16-26-36(7)27-28-39-37(8)29-38(41)30-40(39,9)10/h11-12,14-16,18-19,21-28,31,38,41H,13,17,20,29-30H2,1-10H3/b12-11+,21-14+,22-16+,25-15+,28-27+,32-18+,33-19+,34-23+,35-24+,36-26+/t38-/m0/s1. The first-order valence-electron chi connectivity index (χ1n) is 15.4. The van der Waals surface area contributed by atoms with Crippen LogP contribution in [0.3, 0.4) is 0 Å². The molecule has 0 aromatic rings. The lowest BCUT2D eigenvalue weighted by Gasteiger charge is -2.35. The predicted molar refractivity (Wildman–Crippen MR) is 185 cm³/mol. The highest BCUT2D eigenvalue weighted by Gasteiger charge is 2.31. The van der Waals surface area contributed by atoms with Gasteiger partial charge in [0.05, 0.1) is 6.10 Å². The zero-order chi connectivity index (χ0) is 30.8. The van der Waals surface area contributed by atoms with Gasteiger partial charge in [0.1, 0.15) is 0 Å². The fourth-order valence-electron chi connectivity index (χ4n) is 4.97. The Morgan fingerprint density at radius 2 is 1.22 bits per heavy atom. The first-order valence-corrected chi connectivity index (χ1v) is 15.4. The van der Waals surface area contributed by atoms with E-state index in [1.165, 1.54) is 58.3 Å². The highest BCUT2D eigenvalue weighted by molar-refractivity contribution is 5.38. The molecule has 0 bridgehead atoms. The van der Waals surface area contributed by atoms with E-state index < -0.39 is 0 Å². The Labute approximate surface area is 253 Å². The Morgan fingerprint density at radius 1 is 0.756 bits per heavy atom. The molecule has 1 heteroatoms. The topological polar surface area (TPSA) is 20.2 Å². The number of allylic oxidation sites excluding steroid dienone is 21. The van der Waals surface area contributed by atoms with E-state index in [1.54, 1.807) is 0 Å². The lowest BCUT2D eigenvalue weighted by molar-refractivity contribution is 0.116. The number of rotatable bonds is 14. The van der Waals surface area contributed by atoms with Crippen LogP contribution in [0.15, 0.2) is 130 Å². The normalized spacial score (nSPS) is 20.5. The summed E-state index contributed by atoms with van der Waals surface area (Å²) in [5.41, 5.74) is 8.97. The van der Waals surface area contributed by atoms with Crippen molar-refractivity contribution in [2.75, 3.05) is 0 Å². The quantitative estimate of drug-likeness (QED) is 0.212. The summed E-state index contributed by atoms with van der Waals surface area (Å²) >= 11 is 0. The van der Waals surface area contributed by atoms with Crippen molar-refractivity contribution in [2.45, 2.75) is 107 Å². The Morgan fingerprint density at radius 3 is 1.71 bits per heavy atom. The van der Waals surface area contributed by atoms with Gasteiger partial charge in [-0.25, -0.2) is 0 Å². The summed E-state index contributed by atoms with van der Waals surface area (Å²) in [6.45, 7) is 21.9. The summed E-state index contributed by atoms with van der Waals surface area (Å²) < 4.78 is 0. The van der Waals surface area contributed by atoms with Crippen molar-refractivity contribution in [2.24, 2.45) is 11.3 Å². The molecule has 41 heavy (non-hydrogen) atoms. The lowest BCUT2D eigenvalue weighted by Crippen LogP contribution is -2.28. The van der Waals surface area contributed by atoms with Crippen LogP contribution in [-0.2, 0) is 0 Å². The average molecular weight is 555 g/mol. The molecule has 1 N–H and O–H groups in total. The minimum atomic E-state index is -0.221. The van der Waals surface area contributed by atoms with Crippen molar-refractivity contribution in [1.82, 2.24) is 0 Å². The molecule has 0 fully saturated rings. The SMILES string of the molecule is CC1=C(/C=C/C(C)=C/C=C/C(C)=C/C=C/C=C(C)/C=C/C=C(C)/C=C/C=C(\C)CCCC(C)C)C(C)(C)C[C@@H](O)C1. The summed E-state index contributed by atoms with van der Waals surface area (Å²) in [7, 11) is 0. The molecule has 0 heterocycles. The van der Waals surface area contributed by atoms with E-state index in [9.17, 15) is 5.11 Å². The molecule has 0 saturated carbocycles. The van der Waals surface area contributed by atoms with Crippen LogP contribution in [-0.4, -0.2) is 11.2 Å². The third-order valence-electron chi connectivity index (χ3n) is 7.35. The van der Waals surface area contributed by atoms with Gasteiger partial charge in [-0.15, -0.1) is 0 Å². The van der Waals surface area contributed by atoms with Gasteiger partial charge in [-0.1, -0.05) is 159 Å². The summed E-state index contributed by atoms with van der Waals surface area (Å²) in [5, 5.41) is 10.1. The molecule has 0 spiro atoms. The van der Waals surface area contributed by atoms with Crippen molar-refractivity contribution < 1.29 is 5.11 Å². The molecule has 0 radical (unpaired) electrons. The van der Waals surface area contributed by atoms with Gasteiger partial charge in [-0.3, -0.25) is 0 Å². The van der Waals surface area contributed by atoms with Crippen molar-refractivity contribution in [1.29, 1.82) is 0 Å². The Balaban J connectivity index is 2.58. The maximum Gasteiger partial charge on any atom is 0.0585 e. The minimum absolute atomic E-state index is 0.0127. The molecule has 1 rings (SSSR count). The largest absolute Gasteiger partial charge is 0.393 e. The molecule has 0 aromatic heterocycles. The number of aliphatic hydroxyl groups excluding tert-OH is 1. The average Bonchev–Trinajstić information content (AvgIpc) is 2.85. The van der Waals surface area contributed by atoms with Crippen molar-refractivity contribution in [3.8, 4) is 0 Å². The van der Waals surface area contributed by atoms with Gasteiger partial charge in [0.15, 0.2) is 0 Å². The van der Waals surface area contributed by atoms with Gasteiger partial charge in [-0.05, 0) is 84.1 Å². The van der Waals surface area contributed by atoms with E-state index in [2.05, 4.69) is 160 Å². The molecule has 0 aliphatic heterocycles. The molecule has 224 valence electrons. The zero-order valence-corrected chi connectivity index (χ0v) is 27.8. The second kappa shape index (κ2) is 19.3. The summed E-state index contributed by atoms with van der Waals surface area (Å²) in [6.07, 6.45) is 37.3. The van der Waals surface area contributed by atoms with Crippen molar-refractivity contribution in [3.05, 3.63) is 130 Å². The second-order valence-corrected chi connectivity index (χ2v) is 12.9. The molecule has 0 aromatic carbocycles. The Bertz CT molecular complexity index is 1160.